The summed E-state index contributed by atoms with van der Waals surface area (Å²) in [6.45, 7) is 1.87. The number of fused-ring (bicyclic) bond motifs is 1. The van der Waals surface area contributed by atoms with E-state index in [9.17, 15) is 28.8 Å². The molecule has 0 bridgehead atoms. The van der Waals surface area contributed by atoms with Crippen LogP contribution >= 0.6 is 11.6 Å². The minimum absolute atomic E-state index is 0.0807. The highest BCUT2D eigenvalue weighted by Gasteiger charge is 2.38. The first-order valence-electron chi connectivity index (χ1n) is 19.3. The third-order valence-corrected chi connectivity index (χ3v) is 10.9. The number of benzene rings is 2. The number of rotatable bonds is 17. The van der Waals surface area contributed by atoms with E-state index in [2.05, 4.69) is 22.0 Å². The number of urea groups is 1. The summed E-state index contributed by atoms with van der Waals surface area (Å²) in [6, 6.07) is 13.9. The zero-order valence-electron chi connectivity index (χ0n) is 30.9. The molecule has 290 valence electrons. The van der Waals surface area contributed by atoms with Crippen molar-refractivity contribution in [2.75, 3.05) is 32.1 Å². The average Bonchev–Trinajstić information content (AvgIpc) is 3.60. The molecule has 0 spiro atoms. The molecule has 5 N–H and O–H groups in total. The maximum atomic E-state index is 14.4. The first-order chi connectivity index (χ1) is 26.1. The normalized spacial score (nSPS) is 18.4. The van der Waals surface area contributed by atoms with Gasteiger partial charge in [-0.1, -0.05) is 60.7 Å². The Kier molecular flexibility index (Phi) is 15.1. The fourth-order valence-electron chi connectivity index (χ4n) is 7.86. The van der Waals surface area contributed by atoms with Gasteiger partial charge in [-0.2, -0.15) is 0 Å². The van der Waals surface area contributed by atoms with E-state index in [-0.39, 0.29) is 49.3 Å². The van der Waals surface area contributed by atoms with E-state index in [1.807, 2.05) is 59.5 Å². The SMILES string of the molecule is NC(=O)NCCC[C@H](CC(=O)[C@H](CC1=CCc2ccccc21)NC(=O)[C@@H]1CCCCN1C(=O)[C@H](Cc1ccccc1)NC(=O)CCl)C(=O)N1CCCCC1. The number of nitrogens with two attached hydrogens (primary N) is 1. The fourth-order valence-corrected chi connectivity index (χ4v) is 7.94. The molecule has 2 fully saturated rings. The summed E-state index contributed by atoms with van der Waals surface area (Å²) in [5.74, 6) is -2.62. The molecule has 5 rings (SSSR count). The first-order valence-corrected chi connectivity index (χ1v) is 19.8. The summed E-state index contributed by atoms with van der Waals surface area (Å²) in [6.07, 6.45) is 8.65. The van der Waals surface area contributed by atoms with Crippen LogP contribution in [0, 0.1) is 5.92 Å². The Morgan fingerprint density at radius 1 is 0.815 bits per heavy atom. The van der Waals surface area contributed by atoms with Crippen molar-refractivity contribution in [3.05, 3.63) is 77.4 Å². The van der Waals surface area contributed by atoms with Gasteiger partial charge in [0.15, 0.2) is 5.78 Å². The molecule has 0 unspecified atom stereocenters. The van der Waals surface area contributed by atoms with Crippen molar-refractivity contribution in [2.45, 2.75) is 95.2 Å². The Morgan fingerprint density at radius 2 is 1.54 bits per heavy atom. The van der Waals surface area contributed by atoms with Crippen LogP contribution in [0.25, 0.3) is 5.57 Å². The molecule has 1 aliphatic carbocycles. The minimum atomic E-state index is -0.953. The van der Waals surface area contributed by atoms with Gasteiger partial charge >= 0.3 is 6.03 Å². The third kappa shape index (κ3) is 11.2. The molecule has 3 aliphatic rings. The summed E-state index contributed by atoms with van der Waals surface area (Å²) in [5.41, 5.74) is 9.21. The highest BCUT2D eigenvalue weighted by molar-refractivity contribution is 6.27. The molecule has 2 saturated heterocycles. The molecule has 13 heteroatoms. The number of hydrogen-bond donors (Lipinski definition) is 4. The number of piperidine rings is 2. The Labute approximate surface area is 322 Å². The molecule has 0 saturated carbocycles. The molecule has 54 heavy (non-hydrogen) atoms. The Balaban J connectivity index is 1.37. The first kappa shape index (κ1) is 40.5. The van der Waals surface area contributed by atoms with Crippen molar-refractivity contribution in [3.8, 4) is 0 Å². The number of halogens is 1. The second-order valence-electron chi connectivity index (χ2n) is 14.5. The van der Waals surface area contributed by atoms with Gasteiger partial charge in [-0.05, 0) is 80.1 Å². The van der Waals surface area contributed by atoms with Gasteiger partial charge in [0.1, 0.15) is 18.0 Å². The quantitative estimate of drug-likeness (QED) is 0.141. The number of allylic oxidation sites excluding steroid dienone is 1. The molecule has 6 amide bonds. The molecule has 0 radical (unpaired) electrons. The van der Waals surface area contributed by atoms with Crippen LogP contribution in [0.2, 0.25) is 0 Å². The summed E-state index contributed by atoms with van der Waals surface area (Å²) in [4.78, 5) is 83.9. The van der Waals surface area contributed by atoms with Gasteiger partial charge in [0.2, 0.25) is 23.6 Å². The topological polar surface area (TPSA) is 171 Å². The lowest BCUT2D eigenvalue weighted by molar-refractivity contribution is -0.145. The van der Waals surface area contributed by atoms with Crippen molar-refractivity contribution < 1.29 is 28.8 Å². The van der Waals surface area contributed by atoms with Gasteiger partial charge in [-0.3, -0.25) is 24.0 Å². The van der Waals surface area contributed by atoms with Gasteiger partial charge in [0.25, 0.3) is 0 Å². The summed E-state index contributed by atoms with van der Waals surface area (Å²) >= 11 is 5.82. The van der Waals surface area contributed by atoms with E-state index in [0.29, 0.717) is 58.2 Å². The van der Waals surface area contributed by atoms with E-state index in [1.165, 1.54) is 4.90 Å². The zero-order chi connectivity index (χ0) is 38.5. The van der Waals surface area contributed by atoms with Crippen LogP contribution in [-0.4, -0.2) is 95.4 Å². The van der Waals surface area contributed by atoms with Crippen LogP contribution < -0.4 is 21.7 Å². The summed E-state index contributed by atoms with van der Waals surface area (Å²) < 4.78 is 0. The fraction of sp³-hybridized carbons (Fsp3) is 0.512. The van der Waals surface area contributed by atoms with Gasteiger partial charge in [0, 0.05) is 51.4 Å². The van der Waals surface area contributed by atoms with Crippen molar-refractivity contribution in [1.82, 2.24) is 25.8 Å². The lowest BCUT2D eigenvalue weighted by Gasteiger charge is -2.38. The van der Waals surface area contributed by atoms with E-state index < -0.39 is 41.9 Å². The second kappa shape index (κ2) is 20.1. The summed E-state index contributed by atoms with van der Waals surface area (Å²) in [5, 5.41) is 8.37. The van der Waals surface area contributed by atoms with Crippen LogP contribution in [0.3, 0.4) is 0 Å². The largest absolute Gasteiger partial charge is 0.352 e. The molecule has 2 aromatic rings. The van der Waals surface area contributed by atoms with Crippen LogP contribution in [0.4, 0.5) is 4.79 Å². The van der Waals surface area contributed by atoms with E-state index >= 15 is 0 Å². The van der Waals surface area contributed by atoms with Crippen LogP contribution in [0.5, 0.6) is 0 Å². The van der Waals surface area contributed by atoms with Crippen molar-refractivity contribution in [3.63, 3.8) is 0 Å². The number of likely N-dealkylation sites (tertiary alicyclic amines) is 2. The van der Waals surface area contributed by atoms with Crippen LogP contribution in [0.15, 0.2) is 60.7 Å². The molecule has 0 aromatic heterocycles. The van der Waals surface area contributed by atoms with Gasteiger partial charge < -0.3 is 31.5 Å². The standard InChI is InChI=1S/C41H53ClN6O6/c42-27-37(50)45-34(24-28-12-3-1-4-13-28)40(53)48-23-10-7-17-35(48)38(51)46-33(25-30-19-18-29-14-5-6-16-32(29)30)36(49)26-31(15-11-20-44-41(43)54)39(52)47-21-8-2-9-22-47/h1,3-6,12-14,16,19,31,33-35H,2,7-11,15,17-18,20-27H2,(H,45,50)(H,46,51)(H3,43,44,54)/t31-,33+,34+,35+/m1/s1. The molecule has 2 aromatic carbocycles. The average molecular weight is 761 g/mol. The van der Waals surface area contributed by atoms with Crippen molar-refractivity contribution in [2.24, 2.45) is 11.7 Å². The number of carbonyl (C=O) groups excluding carboxylic acids is 6. The van der Waals surface area contributed by atoms with Crippen molar-refractivity contribution >= 4 is 52.6 Å². The predicted octanol–water partition coefficient (Wildman–Crippen LogP) is 3.88. The highest BCUT2D eigenvalue weighted by Crippen LogP contribution is 2.32. The molecule has 12 nitrogen and oxygen atoms in total. The zero-order valence-corrected chi connectivity index (χ0v) is 31.7. The Morgan fingerprint density at radius 3 is 2.28 bits per heavy atom. The van der Waals surface area contributed by atoms with Gasteiger partial charge in [0.05, 0.1) is 6.04 Å². The Bertz CT molecular complexity index is 1680. The number of primary amides is 1. The number of nitrogens with zero attached hydrogens (tertiary/aromatic N) is 2. The number of carbonyl (C=O) groups is 6. The monoisotopic (exact) mass is 760 g/mol. The van der Waals surface area contributed by atoms with E-state index in [1.54, 1.807) is 0 Å². The van der Waals surface area contributed by atoms with Crippen LogP contribution in [0.1, 0.15) is 80.9 Å². The smallest absolute Gasteiger partial charge is 0.312 e. The maximum Gasteiger partial charge on any atom is 0.312 e. The van der Waals surface area contributed by atoms with E-state index in [0.717, 1.165) is 41.5 Å². The minimum Gasteiger partial charge on any atom is -0.352 e. The second-order valence-corrected chi connectivity index (χ2v) is 14.8. The number of amides is 6. The predicted molar refractivity (Wildman–Crippen MR) is 207 cm³/mol. The van der Waals surface area contributed by atoms with Crippen LogP contribution in [-0.2, 0) is 36.8 Å². The van der Waals surface area contributed by atoms with Gasteiger partial charge in [-0.25, -0.2) is 4.79 Å². The Hall–Kier alpha value is -4.71. The number of ketones is 1. The number of hydrogen-bond acceptors (Lipinski definition) is 6. The van der Waals surface area contributed by atoms with Gasteiger partial charge in [-0.15, -0.1) is 11.6 Å². The van der Waals surface area contributed by atoms with Crippen molar-refractivity contribution in [1.29, 1.82) is 0 Å². The lowest BCUT2D eigenvalue weighted by atomic mass is 9.89. The molecule has 4 atom stereocenters. The van der Waals surface area contributed by atoms with E-state index in [4.69, 9.17) is 17.3 Å². The lowest BCUT2D eigenvalue weighted by Crippen LogP contribution is -2.59. The molecular weight excluding hydrogens is 708 g/mol. The highest BCUT2D eigenvalue weighted by atomic mass is 35.5. The maximum absolute atomic E-state index is 14.4. The number of nitrogens with one attached hydrogen (secondary N) is 3. The number of Topliss-reactive ketones (excluding diaryl/α,β-unsaturated/α-hetero) is 1. The third-order valence-electron chi connectivity index (χ3n) is 10.7. The molecular formula is C41H53ClN6O6. The molecule has 2 heterocycles. The number of alkyl halides is 1. The molecule has 2 aliphatic heterocycles. The summed E-state index contributed by atoms with van der Waals surface area (Å²) in [7, 11) is 0.